The van der Waals surface area contributed by atoms with E-state index in [1.54, 1.807) is 0 Å². The molecule has 5 unspecified atom stereocenters. The van der Waals surface area contributed by atoms with Gasteiger partial charge in [0.1, 0.15) is 0 Å². The zero-order chi connectivity index (χ0) is 19.1. The van der Waals surface area contributed by atoms with Crippen molar-refractivity contribution >= 4 is 0 Å². The van der Waals surface area contributed by atoms with Crippen LogP contribution in [-0.4, -0.2) is 6.18 Å². The first-order valence-corrected chi connectivity index (χ1v) is 11.0. The molecular formula is C23H37F3. The molecule has 0 aromatic heterocycles. The van der Waals surface area contributed by atoms with E-state index in [0.29, 0.717) is 25.2 Å². The Hall–Kier alpha value is -0.210. The Balaban J connectivity index is 1.30. The molecule has 2 bridgehead atoms. The lowest BCUT2D eigenvalue weighted by atomic mass is 9.28. The number of hydrogen-bond donors (Lipinski definition) is 0. The lowest BCUT2D eigenvalue weighted by Crippen LogP contribution is -2.73. The largest absolute Gasteiger partial charge is 0.394 e. The molecule has 0 radical (unpaired) electrons. The van der Waals surface area contributed by atoms with Crippen LogP contribution >= 0.6 is 0 Å². The van der Waals surface area contributed by atoms with Crippen LogP contribution in [0.5, 0.6) is 0 Å². The molecule has 0 aliphatic heterocycles. The summed E-state index contributed by atoms with van der Waals surface area (Å²) in [5.41, 5.74) is -1.21. The minimum absolute atomic E-state index is 0.00223. The maximum atomic E-state index is 13.2. The van der Waals surface area contributed by atoms with Gasteiger partial charge in [-0.2, -0.15) is 13.2 Å². The van der Waals surface area contributed by atoms with Gasteiger partial charge in [0.05, 0.1) is 5.41 Å². The molecular weight excluding hydrogens is 333 g/mol. The standard InChI is InChI=1S/C23H37F3/c1-14(2)17-7-6-16(9-17)8-15(3)18-10-19(18)20(4,5)21-11-22(12-21,13-21)23(24,25)26/h14-19H,6-13H2,1-5H3. The monoisotopic (exact) mass is 370 g/mol. The summed E-state index contributed by atoms with van der Waals surface area (Å²) < 4.78 is 39.7. The van der Waals surface area contributed by atoms with Crippen molar-refractivity contribution in [2.24, 2.45) is 51.8 Å². The molecule has 0 saturated heterocycles. The van der Waals surface area contributed by atoms with Crippen molar-refractivity contribution < 1.29 is 13.2 Å². The van der Waals surface area contributed by atoms with Crippen LogP contribution < -0.4 is 0 Å². The maximum Gasteiger partial charge on any atom is 0.394 e. The summed E-state index contributed by atoms with van der Waals surface area (Å²) in [4.78, 5) is 0. The van der Waals surface area contributed by atoms with E-state index in [9.17, 15) is 13.2 Å². The Kier molecular flexibility index (Phi) is 4.16. The van der Waals surface area contributed by atoms with Crippen LogP contribution in [-0.2, 0) is 0 Å². The second-order valence-electron chi connectivity index (χ2n) is 11.7. The highest BCUT2D eigenvalue weighted by molar-refractivity contribution is 5.26. The summed E-state index contributed by atoms with van der Waals surface area (Å²) in [7, 11) is 0. The Bertz CT molecular complexity index is 539. The molecule has 0 amide bonds. The molecule has 0 aromatic rings. The van der Waals surface area contributed by atoms with E-state index in [1.807, 2.05) is 0 Å². The van der Waals surface area contributed by atoms with Gasteiger partial charge in [0.25, 0.3) is 0 Å². The van der Waals surface area contributed by atoms with Crippen molar-refractivity contribution in [3.05, 3.63) is 0 Å². The fourth-order valence-corrected chi connectivity index (χ4v) is 7.47. The molecule has 3 heteroatoms. The predicted molar refractivity (Wildman–Crippen MR) is 99.6 cm³/mol. The van der Waals surface area contributed by atoms with Crippen molar-refractivity contribution in [2.45, 2.75) is 92.2 Å². The molecule has 0 N–H and O–H groups in total. The summed E-state index contributed by atoms with van der Waals surface area (Å²) >= 11 is 0. The molecule has 5 atom stereocenters. The summed E-state index contributed by atoms with van der Waals surface area (Å²) in [6.45, 7) is 11.7. The van der Waals surface area contributed by atoms with Gasteiger partial charge in [-0.05, 0) is 91.3 Å². The van der Waals surface area contributed by atoms with E-state index in [0.717, 1.165) is 29.6 Å². The number of rotatable bonds is 6. The SMILES string of the molecule is CC(C)C1CCC(CC(C)C2CC2C(C)(C)C23CC(C(F)(F)F)(C2)C3)C1. The fraction of sp³-hybridized carbons (Fsp3) is 1.00. The van der Waals surface area contributed by atoms with E-state index in [-0.39, 0.29) is 10.8 Å². The van der Waals surface area contributed by atoms with Crippen molar-refractivity contribution in [3.63, 3.8) is 0 Å². The van der Waals surface area contributed by atoms with Crippen molar-refractivity contribution in [1.82, 2.24) is 0 Å². The maximum absolute atomic E-state index is 13.2. The van der Waals surface area contributed by atoms with E-state index in [4.69, 9.17) is 0 Å². The van der Waals surface area contributed by atoms with Gasteiger partial charge in [-0.3, -0.25) is 0 Å². The van der Waals surface area contributed by atoms with Gasteiger partial charge < -0.3 is 0 Å². The zero-order valence-electron chi connectivity index (χ0n) is 17.3. The zero-order valence-corrected chi connectivity index (χ0v) is 17.3. The second kappa shape index (κ2) is 5.66. The van der Waals surface area contributed by atoms with Gasteiger partial charge in [0, 0.05) is 0 Å². The molecule has 26 heavy (non-hydrogen) atoms. The highest BCUT2D eigenvalue weighted by atomic mass is 19.4. The van der Waals surface area contributed by atoms with Gasteiger partial charge >= 0.3 is 6.18 Å². The second-order valence-corrected chi connectivity index (χ2v) is 11.7. The van der Waals surface area contributed by atoms with Gasteiger partial charge in [0.15, 0.2) is 0 Å². The Morgan fingerprint density at radius 1 is 0.923 bits per heavy atom. The van der Waals surface area contributed by atoms with Crippen LogP contribution in [0.3, 0.4) is 0 Å². The van der Waals surface area contributed by atoms with Gasteiger partial charge in [0.2, 0.25) is 0 Å². The molecule has 0 heterocycles. The Morgan fingerprint density at radius 3 is 2.04 bits per heavy atom. The van der Waals surface area contributed by atoms with Gasteiger partial charge in [-0.25, -0.2) is 0 Å². The van der Waals surface area contributed by atoms with Crippen LogP contribution in [0, 0.1) is 51.8 Å². The third-order valence-electron chi connectivity index (χ3n) is 9.73. The quantitative estimate of drug-likeness (QED) is 0.454. The first kappa shape index (κ1) is 19.1. The van der Waals surface area contributed by atoms with Gasteiger partial charge in [-0.1, -0.05) is 41.0 Å². The predicted octanol–water partition coefficient (Wildman–Crippen LogP) is 7.48. The van der Waals surface area contributed by atoms with E-state index < -0.39 is 11.6 Å². The average Bonchev–Trinajstić information content (AvgIpc) is 3.08. The third-order valence-corrected chi connectivity index (χ3v) is 9.73. The summed E-state index contributed by atoms with van der Waals surface area (Å²) in [6, 6.07) is 0. The topological polar surface area (TPSA) is 0 Å². The molecule has 5 fully saturated rings. The van der Waals surface area contributed by atoms with Crippen molar-refractivity contribution in [3.8, 4) is 0 Å². The molecule has 150 valence electrons. The molecule has 5 aliphatic carbocycles. The number of halogens is 3. The van der Waals surface area contributed by atoms with Crippen LogP contribution in [0.1, 0.15) is 86.0 Å². The lowest BCUT2D eigenvalue weighted by molar-refractivity contribution is -0.390. The lowest BCUT2D eigenvalue weighted by Gasteiger charge is -2.76. The van der Waals surface area contributed by atoms with Crippen LogP contribution in [0.15, 0.2) is 0 Å². The van der Waals surface area contributed by atoms with E-state index in [2.05, 4.69) is 34.6 Å². The average molecular weight is 371 g/mol. The summed E-state index contributed by atoms with van der Waals surface area (Å²) in [5, 5.41) is 0. The van der Waals surface area contributed by atoms with E-state index >= 15 is 0 Å². The van der Waals surface area contributed by atoms with Crippen LogP contribution in [0.2, 0.25) is 0 Å². The van der Waals surface area contributed by atoms with E-state index in [1.165, 1.54) is 32.1 Å². The Labute approximate surface area is 157 Å². The van der Waals surface area contributed by atoms with Crippen LogP contribution in [0.25, 0.3) is 0 Å². The van der Waals surface area contributed by atoms with Crippen molar-refractivity contribution in [2.75, 3.05) is 0 Å². The molecule has 5 aliphatic rings. The first-order chi connectivity index (χ1) is 11.9. The number of hydrogen-bond acceptors (Lipinski definition) is 0. The normalized spacial score (nSPS) is 46.0. The molecule has 5 saturated carbocycles. The molecule has 5 rings (SSSR count). The molecule has 0 aromatic carbocycles. The number of alkyl halides is 3. The summed E-state index contributed by atoms with van der Waals surface area (Å²) in [6.07, 6.45) is 4.06. The molecule has 0 spiro atoms. The molecule has 0 nitrogen and oxygen atoms in total. The smallest absolute Gasteiger partial charge is 0.171 e. The van der Waals surface area contributed by atoms with Gasteiger partial charge in [-0.15, -0.1) is 0 Å². The van der Waals surface area contributed by atoms with Crippen LogP contribution in [0.4, 0.5) is 13.2 Å². The minimum atomic E-state index is -3.98. The highest BCUT2D eigenvalue weighted by Gasteiger charge is 2.82. The third kappa shape index (κ3) is 2.61. The Morgan fingerprint density at radius 2 is 1.54 bits per heavy atom. The first-order valence-electron chi connectivity index (χ1n) is 11.0. The minimum Gasteiger partial charge on any atom is -0.171 e. The summed E-state index contributed by atoms with van der Waals surface area (Å²) in [5.74, 6) is 4.79. The highest BCUT2D eigenvalue weighted by Crippen LogP contribution is 2.85. The van der Waals surface area contributed by atoms with Crippen molar-refractivity contribution in [1.29, 1.82) is 0 Å². The fourth-order valence-electron chi connectivity index (χ4n) is 7.47.